The van der Waals surface area contributed by atoms with Crippen LogP contribution in [0.15, 0.2) is 42.0 Å². The molecule has 0 aliphatic carbocycles. The Morgan fingerprint density at radius 3 is 2.86 bits per heavy atom. The maximum absolute atomic E-state index is 11.9. The quantitative estimate of drug-likeness (QED) is 0.804. The molecule has 0 bridgehead atoms. The first kappa shape index (κ1) is 13.5. The summed E-state index contributed by atoms with van der Waals surface area (Å²) in [6.07, 6.45) is 1.44. The molecule has 3 rings (SSSR count). The molecule has 0 aliphatic heterocycles. The van der Waals surface area contributed by atoms with Gasteiger partial charge in [0.25, 0.3) is 5.91 Å². The van der Waals surface area contributed by atoms with Gasteiger partial charge in [0.1, 0.15) is 11.2 Å². The summed E-state index contributed by atoms with van der Waals surface area (Å²) in [6.45, 7) is 1.91. The summed E-state index contributed by atoms with van der Waals surface area (Å²) in [5.41, 5.74) is 1.89. The Hall–Kier alpha value is -2.47. The second-order valence-electron chi connectivity index (χ2n) is 4.52. The number of anilines is 1. The lowest BCUT2D eigenvalue weighted by Crippen LogP contribution is -2.20. The van der Waals surface area contributed by atoms with Crippen LogP contribution in [0.2, 0.25) is 0 Å². The van der Waals surface area contributed by atoms with Gasteiger partial charge in [0.15, 0.2) is 6.61 Å². The van der Waals surface area contributed by atoms with E-state index in [1.54, 1.807) is 0 Å². The summed E-state index contributed by atoms with van der Waals surface area (Å²) in [4.78, 5) is 20.9. The average Bonchev–Trinajstić information content (AvgIpc) is 2.96. The lowest BCUT2D eigenvalue weighted by atomic mass is 10.2. The number of hydrogen-bond acceptors (Lipinski definition) is 5. The molecule has 2 aromatic heterocycles. The normalized spacial score (nSPS) is 10.5. The maximum atomic E-state index is 11.9. The average molecular weight is 299 g/mol. The minimum absolute atomic E-state index is 0.0875. The standard InChI is InChI=1S/C15H13N3O2S/c1-10-2-4-11(5-3-10)18-13(19)8-20-14-12-6-7-21-15(12)17-9-16-14/h2-7,9H,8H2,1H3,(H,18,19). The third-order valence-corrected chi connectivity index (χ3v) is 3.72. The highest BCUT2D eigenvalue weighted by atomic mass is 32.1. The van der Waals surface area contributed by atoms with Crippen molar-refractivity contribution in [2.45, 2.75) is 6.92 Å². The molecular weight excluding hydrogens is 286 g/mol. The van der Waals surface area contributed by atoms with Crippen LogP contribution in [-0.2, 0) is 4.79 Å². The van der Waals surface area contributed by atoms with E-state index in [0.29, 0.717) is 5.88 Å². The van der Waals surface area contributed by atoms with Crippen LogP contribution in [0.5, 0.6) is 5.88 Å². The smallest absolute Gasteiger partial charge is 0.262 e. The van der Waals surface area contributed by atoms with Crippen molar-refractivity contribution in [1.29, 1.82) is 0 Å². The van der Waals surface area contributed by atoms with Crippen LogP contribution in [0.25, 0.3) is 10.2 Å². The molecule has 1 amide bonds. The van der Waals surface area contributed by atoms with Crippen molar-refractivity contribution in [2.24, 2.45) is 0 Å². The van der Waals surface area contributed by atoms with Gasteiger partial charge in [-0.2, -0.15) is 0 Å². The van der Waals surface area contributed by atoms with Crippen LogP contribution in [0.1, 0.15) is 5.56 Å². The zero-order valence-corrected chi connectivity index (χ0v) is 12.2. The number of nitrogens with zero attached hydrogens (tertiary/aromatic N) is 2. The molecule has 0 unspecified atom stereocenters. The fourth-order valence-corrected chi connectivity index (χ4v) is 2.57. The topological polar surface area (TPSA) is 64.1 Å². The second-order valence-corrected chi connectivity index (χ2v) is 5.42. The summed E-state index contributed by atoms with van der Waals surface area (Å²) in [5, 5.41) is 5.52. The van der Waals surface area contributed by atoms with Gasteiger partial charge in [0, 0.05) is 5.69 Å². The van der Waals surface area contributed by atoms with Crippen LogP contribution < -0.4 is 10.1 Å². The number of aromatic nitrogens is 2. The molecule has 0 spiro atoms. The van der Waals surface area contributed by atoms with Crippen LogP contribution in [0, 0.1) is 6.92 Å². The van der Waals surface area contributed by atoms with E-state index in [4.69, 9.17) is 4.74 Å². The first-order valence-corrected chi connectivity index (χ1v) is 7.28. The Morgan fingerprint density at radius 2 is 2.05 bits per heavy atom. The number of nitrogens with one attached hydrogen (secondary N) is 1. The lowest BCUT2D eigenvalue weighted by Gasteiger charge is -2.07. The largest absolute Gasteiger partial charge is 0.467 e. The van der Waals surface area contributed by atoms with Crippen LogP contribution in [0.4, 0.5) is 5.69 Å². The van der Waals surface area contributed by atoms with E-state index in [-0.39, 0.29) is 12.5 Å². The van der Waals surface area contributed by atoms with Gasteiger partial charge >= 0.3 is 0 Å². The first-order chi connectivity index (χ1) is 10.2. The molecule has 0 radical (unpaired) electrons. The predicted octanol–water partition coefficient (Wildman–Crippen LogP) is 3.02. The van der Waals surface area contributed by atoms with Crippen molar-refractivity contribution < 1.29 is 9.53 Å². The van der Waals surface area contributed by atoms with Gasteiger partial charge in [-0.25, -0.2) is 9.97 Å². The minimum atomic E-state index is -0.221. The first-order valence-electron chi connectivity index (χ1n) is 6.40. The van der Waals surface area contributed by atoms with Gasteiger partial charge in [-0.1, -0.05) is 17.7 Å². The third kappa shape index (κ3) is 3.17. The van der Waals surface area contributed by atoms with Crippen molar-refractivity contribution in [1.82, 2.24) is 9.97 Å². The molecule has 0 saturated carbocycles. The summed E-state index contributed by atoms with van der Waals surface area (Å²) < 4.78 is 5.48. The zero-order valence-electron chi connectivity index (χ0n) is 11.4. The van der Waals surface area contributed by atoms with Gasteiger partial charge in [-0.3, -0.25) is 4.79 Å². The van der Waals surface area contributed by atoms with Gasteiger partial charge in [0.05, 0.1) is 5.39 Å². The van der Waals surface area contributed by atoms with E-state index < -0.39 is 0 Å². The van der Waals surface area contributed by atoms with Crippen LogP contribution in [0.3, 0.4) is 0 Å². The van der Waals surface area contributed by atoms with Crippen LogP contribution >= 0.6 is 11.3 Å². The van der Waals surface area contributed by atoms with E-state index >= 15 is 0 Å². The molecule has 0 saturated heterocycles. The molecule has 3 aromatic rings. The number of carbonyl (C=O) groups is 1. The number of rotatable bonds is 4. The van der Waals surface area contributed by atoms with Crippen molar-refractivity contribution in [3.63, 3.8) is 0 Å². The van der Waals surface area contributed by atoms with Crippen LogP contribution in [-0.4, -0.2) is 22.5 Å². The fraction of sp³-hybridized carbons (Fsp3) is 0.133. The molecule has 0 aliphatic rings. The Morgan fingerprint density at radius 1 is 1.24 bits per heavy atom. The summed E-state index contributed by atoms with van der Waals surface area (Å²) >= 11 is 1.51. The number of carbonyl (C=O) groups excluding carboxylic acids is 1. The highest BCUT2D eigenvalue weighted by Gasteiger charge is 2.08. The fourth-order valence-electron chi connectivity index (χ4n) is 1.85. The number of benzene rings is 1. The molecule has 5 nitrogen and oxygen atoms in total. The van der Waals surface area contributed by atoms with Crippen molar-refractivity contribution in [2.75, 3.05) is 11.9 Å². The minimum Gasteiger partial charge on any atom is -0.467 e. The molecule has 1 aromatic carbocycles. The summed E-state index contributed by atoms with van der Waals surface area (Å²) in [6, 6.07) is 9.47. The Bertz CT molecular complexity index is 768. The SMILES string of the molecule is Cc1ccc(NC(=O)COc2ncnc3sccc23)cc1. The van der Waals surface area contributed by atoms with E-state index in [2.05, 4.69) is 15.3 Å². The van der Waals surface area contributed by atoms with E-state index in [0.717, 1.165) is 21.5 Å². The predicted molar refractivity (Wildman–Crippen MR) is 82.7 cm³/mol. The molecule has 1 N–H and O–H groups in total. The second kappa shape index (κ2) is 5.88. The van der Waals surface area contributed by atoms with Crippen molar-refractivity contribution in [3.8, 4) is 5.88 Å². The number of ether oxygens (including phenoxy) is 1. The number of aryl methyl sites for hydroxylation is 1. The molecule has 6 heteroatoms. The van der Waals surface area contributed by atoms with Crippen molar-refractivity contribution in [3.05, 3.63) is 47.6 Å². The van der Waals surface area contributed by atoms with Gasteiger partial charge < -0.3 is 10.1 Å². The monoisotopic (exact) mass is 299 g/mol. The highest BCUT2D eigenvalue weighted by Crippen LogP contribution is 2.25. The molecule has 106 valence electrons. The molecule has 0 atom stereocenters. The summed E-state index contributed by atoms with van der Waals surface area (Å²) in [5.74, 6) is 0.209. The molecule has 0 fully saturated rings. The third-order valence-electron chi connectivity index (χ3n) is 2.90. The van der Waals surface area contributed by atoms with Crippen molar-refractivity contribution >= 4 is 33.1 Å². The van der Waals surface area contributed by atoms with Gasteiger partial charge in [0.2, 0.25) is 5.88 Å². The number of hydrogen-bond donors (Lipinski definition) is 1. The van der Waals surface area contributed by atoms with E-state index in [1.807, 2.05) is 42.6 Å². The van der Waals surface area contributed by atoms with Gasteiger partial charge in [-0.05, 0) is 30.5 Å². The number of fused-ring (bicyclic) bond motifs is 1. The Balaban J connectivity index is 1.63. The van der Waals surface area contributed by atoms with E-state index in [1.165, 1.54) is 17.7 Å². The number of amides is 1. The summed E-state index contributed by atoms with van der Waals surface area (Å²) in [7, 11) is 0. The van der Waals surface area contributed by atoms with E-state index in [9.17, 15) is 4.79 Å². The lowest BCUT2D eigenvalue weighted by molar-refractivity contribution is -0.118. The molecular formula is C15H13N3O2S. The number of thiophene rings is 1. The Kier molecular flexibility index (Phi) is 3.79. The molecule has 2 heterocycles. The zero-order chi connectivity index (χ0) is 14.7. The molecule has 21 heavy (non-hydrogen) atoms. The Labute approximate surface area is 125 Å². The van der Waals surface area contributed by atoms with Gasteiger partial charge in [-0.15, -0.1) is 11.3 Å². The highest BCUT2D eigenvalue weighted by molar-refractivity contribution is 7.16. The maximum Gasteiger partial charge on any atom is 0.262 e.